The van der Waals surface area contributed by atoms with E-state index >= 15 is 0 Å². The fourth-order valence-corrected chi connectivity index (χ4v) is 3.16. The van der Waals surface area contributed by atoms with Crippen LogP contribution in [0.25, 0.3) is 0 Å². The Hall–Kier alpha value is -2.08. The average Bonchev–Trinajstić information content (AvgIpc) is 3.50. The molecule has 6 nitrogen and oxygen atoms in total. The van der Waals surface area contributed by atoms with Gasteiger partial charge >= 0.3 is 0 Å². The zero-order valence-electron chi connectivity index (χ0n) is 15.7. The highest BCUT2D eigenvalue weighted by molar-refractivity contribution is 5.94. The second-order valence-corrected chi connectivity index (χ2v) is 7.31. The summed E-state index contributed by atoms with van der Waals surface area (Å²) in [4.78, 5) is 28.5. The van der Waals surface area contributed by atoms with Gasteiger partial charge in [0.1, 0.15) is 0 Å². The Kier molecular flexibility index (Phi) is 6.14. The molecule has 1 aliphatic heterocycles. The van der Waals surface area contributed by atoms with Gasteiger partial charge in [0.25, 0.3) is 5.91 Å². The monoisotopic (exact) mass is 359 g/mol. The minimum atomic E-state index is -0.0799. The third kappa shape index (κ3) is 4.97. The maximum Gasteiger partial charge on any atom is 0.251 e. The SMILES string of the molecule is CC(C)OCCNC(=O)c1ccc(N2CCN(C(=O)C3CC3)CC2)cc1. The number of carbonyl (C=O) groups is 2. The van der Waals surface area contributed by atoms with Gasteiger partial charge < -0.3 is 19.9 Å². The first-order valence-corrected chi connectivity index (χ1v) is 9.58. The molecule has 2 aliphatic rings. The maximum atomic E-state index is 12.1. The van der Waals surface area contributed by atoms with E-state index in [2.05, 4.69) is 10.2 Å². The fourth-order valence-electron chi connectivity index (χ4n) is 3.16. The van der Waals surface area contributed by atoms with Crippen molar-refractivity contribution in [1.82, 2.24) is 10.2 Å². The van der Waals surface area contributed by atoms with E-state index in [4.69, 9.17) is 4.74 Å². The molecule has 0 radical (unpaired) electrons. The lowest BCUT2D eigenvalue weighted by Gasteiger charge is -2.36. The number of amides is 2. The van der Waals surface area contributed by atoms with Crippen molar-refractivity contribution in [3.63, 3.8) is 0 Å². The van der Waals surface area contributed by atoms with Crippen LogP contribution in [-0.4, -0.2) is 62.1 Å². The van der Waals surface area contributed by atoms with Crippen LogP contribution in [0.4, 0.5) is 5.69 Å². The molecule has 1 N–H and O–H groups in total. The first kappa shape index (κ1) is 18.7. The molecule has 0 unspecified atom stereocenters. The molecule has 0 atom stereocenters. The van der Waals surface area contributed by atoms with Crippen LogP contribution in [0.15, 0.2) is 24.3 Å². The van der Waals surface area contributed by atoms with E-state index in [1.54, 1.807) is 0 Å². The predicted octanol–water partition coefficient (Wildman–Crippen LogP) is 1.90. The summed E-state index contributed by atoms with van der Waals surface area (Å²) >= 11 is 0. The van der Waals surface area contributed by atoms with Crippen LogP contribution in [0.5, 0.6) is 0 Å². The standard InChI is InChI=1S/C20H29N3O3/c1-15(2)26-14-9-21-19(24)16-5-7-18(8-6-16)22-10-12-23(13-11-22)20(25)17-3-4-17/h5-8,15,17H,3-4,9-14H2,1-2H3,(H,21,24). The lowest BCUT2D eigenvalue weighted by molar-refractivity contribution is -0.132. The van der Waals surface area contributed by atoms with E-state index in [1.165, 1.54) is 0 Å². The van der Waals surface area contributed by atoms with Gasteiger partial charge in [-0.1, -0.05) is 0 Å². The molecule has 1 aromatic rings. The molecule has 1 saturated carbocycles. The van der Waals surface area contributed by atoms with Crippen molar-refractivity contribution < 1.29 is 14.3 Å². The van der Waals surface area contributed by atoms with Crippen LogP contribution in [0.1, 0.15) is 37.0 Å². The van der Waals surface area contributed by atoms with Gasteiger partial charge in [0.05, 0.1) is 12.7 Å². The first-order chi connectivity index (χ1) is 12.5. The summed E-state index contributed by atoms with van der Waals surface area (Å²) < 4.78 is 5.42. The Labute approximate surface area is 155 Å². The summed E-state index contributed by atoms with van der Waals surface area (Å²) in [5.74, 6) is 0.548. The van der Waals surface area contributed by atoms with Crippen molar-refractivity contribution in [2.75, 3.05) is 44.2 Å². The number of carbonyl (C=O) groups excluding carboxylic acids is 2. The molecule has 2 amide bonds. The van der Waals surface area contributed by atoms with Gasteiger partial charge in [-0.25, -0.2) is 0 Å². The molecule has 2 fully saturated rings. The lowest BCUT2D eigenvalue weighted by atomic mass is 10.1. The fraction of sp³-hybridized carbons (Fsp3) is 0.600. The number of anilines is 1. The van der Waals surface area contributed by atoms with Gasteiger partial charge in [-0.2, -0.15) is 0 Å². The van der Waals surface area contributed by atoms with Gasteiger partial charge in [-0.15, -0.1) is 0 Å². The molecule has 142 valence electrons. The number of hydrogen-bond acceptors (Lipinski definition) is 4. The molecule has 6 heteroatoms. The average molecular weight is 359 g/mol. The van der Waals surface area contributed by atoms with Crippen molar-refractivity contribution in [3.8, 4) is 0 Å². The zero-order chi connectivity index (χ0) is 18.5. The number of benzene rings is 1. The third-order valence-electron chi connectivity index (χ3n) is 4.85. The van der Waals surface area contributed by atoms with Crippen LogP contribution < -0.4 is 10.2 Å². The van der Waals surface area contributed by atoms with Gasteiger partial charge in [0.15, 0.2) is 0 Å². The van der Waals surface area contributed by atoms with Crippen LogP contribution in [0.3, 0.4) is 0 Å². The Morgan fingerprint density at radius 1 is 1.12 bits per heavy atom. The molecule has 0 spiro atoms. The van der Waals surface area contributed by atoms with E-state index in [0.29, 0.717) is 30.5 Å². The molecule has 0 bridgehead atoms. The second-order valence-electron chi connectivity index (χ2n) is 7.31. The lowest BCUT2D eigenvalue weighted by Crippen LogP contribution is -2.49. The Morgan fingerprint density at radius 2 is 1.77 bits per heavy atom. The molecule has 1 aromatic carbocycles. The van der Waals surface area contributed by atoms with Crippen LogP contribution >= 0.6 is 0 Å². The number of ether oxygens (including phenoxy) is 1. The minimum Gasteiger partial charge on any atom is -0.377 e. The van der Waals surface area contributed by atoms with Crippen molar-refractivity contribution in [2.24, 2.45) is 5.92 Å². The minimum absolute atomic E-state index is 0.0799. The van der Waals surface area contributed by atoms with Gasteiger partial charge in [0, 0.05) is 49.9 Å². The quantitative estimate of drug-likeness (QED) is 0.756. The molecule has 26 heavy (non-hydrogen) atoms. The highest BCUT2D eigenvalue weighted by Gasteiger charge is 2.34. The van der Waals surface area contributed by atoms with Crippen molar-refractivity contribution in [3.05, 3.63) is 29.8 Å². The van der Waals surface area contributed by atoms with E-state index in [9.17, 15) is 9.59 Å². The molecule has 0 aromatic heterocycles. The second kappa shape index (κ2) is 8.54. The number of piperazine rings is 1. The van der Waals surface area contributed by atoms with E-state index in [1.807, 2.05) is 43.0 Å². The van der Waals surface area contributed by atoms with Gasteiger partial charge in [0.2, 0.25) is 5.91 Å². The Bertz CT molecular complexity index is 618. The molecule has 1 heterocycles. The molecule has 1 aliphatic carbocycles. The van der Waals surface area contributed by atoms with E-state index in [0.717, 1.165) is 44.7 Å². The largest absolute Gasteiger partial charge is 0.377 e. The molecular formula is C20H29N3O3. The Morgan fingerprint density at radius 3 is 2.35 bits per heavy atom. The zero-order valence-corrected chi connectivity index (χ0v) is 15.7. The van der Waals surface area contributed by atoms with Gasteiger partial charge in [-0.05, 0) is 51.0 Å². The number of rotatable bonds is 7. The Balaban J connectivity index is 1.45. The van der Waals surface area contributed by atoms with Crippen molar-refractivity contribution in [2.45, 2.75) is 32.8 Å². The summed E-state index contributed by atoms with van der Waals surface area (Å²) in [7, 11) is 0. The topological polar surface area (TPSA) is 61.9 Å². The number of nitrogens with one attached hydrogen (secondary N) is 1. The number of hydrogen-bond donors (Lipinski definition) is 1. The number of nitrogens with zero attached hydrogens (tertiary/aromatic N) is 2. The van der Waals surface area contributed by atoms with Crippen LogP contribution in [-0.2, 0) is 9.53 Å². The predicted molar refractivity (Wildman–Crippen MR) is 101 cm³/mol. The summed E-state index contributed by atoms with van der Waals surface area (Å²) in [5.41, 5.74) is 1.75. The van der Waals surface area contributed by atoms with E-state index in [-0.39, 0.29) is 12.0 Å². The third-order valence-corrected chi connectivity index (χ3v) is 4.85. The highest BCUT2D eigenvalue weighted by atomic mass is 16.5. The molecular weight excluding hydrogens is 330 g/mol. The summed E-state index contributed by atoms with van der Waals surface area (Å²) in [5, 5.41) is 2.87. The smallest absolute Gasteiger partial charge is 0.251 e. The molecule has 1 saturated heterocycles. The van der Waals surface area contributed by atoms with Crippen LogP contribution in [0, 0.1) is 5.92 Å². The normalized spacial score (nSPS) is 17.5. The first-order valence-electron chi connectivity index (χ1n) is 9.58. The van der Waals surface area contributed by atoms with Crippen molar-refractivity contribution >= 4 is 17.5 Å². The van der Waals surface area contributed by atoms with E-state index < -0.39 is 0 Å². The summed E-state index contributed by atoms with van der Waals surface area (Å²) in [6.45, 7) is 8.24. The van der Waals surface area contributed by atoms with Crippen molar-refractivity contribution in [1.29, 1.82) is 0 Å². The maximum absolute atomic E-state index is 12.1. The van der Waals surface area contributed by atoms with Crippen LogP contribution in [0.2, 0.25) is 0 Å². The highest BCUT2D eigenvalue weighted by Crippen LogP contribution is 2.31. The molecule has 3 rings (SSSR count). The summed E-state index contributed by atoms with van der Waals surface area (Å²) in [6, 6.07) is 7.68. The summed E-state index contributed by atoms with van der Waals surface area (Å²) in [6.07, 6.45) is 2.30. The van der Waals surface area contributed by atoms with Gasteiger partial charge in [-0.3, -0.25) is 9.59 Å².